The Morgan fingerprint density at radius 1 is 1.23 bits per heavy atom. The quantitative estimate of drug-likeness (QED) is 0.498. The van der Waals surface area contributed by atoms with Crippen molar-refractivity contribution in [2.24, 2.45) is 0 Å². The van der Waals surface area contributed by atoms with Gasteiger partial charge in [-0.2, -0.15) is 0 Å². The fourth-order valence-electron chi connectivity index (χ4n) is 2.28. The van der Waals surface area contributed by atoms with E-state index in [1.165, 1.54) is 0 Å². The Kier molecular flexibility index (Phi) is 6.95. The maximum absolute atomic E-state index is 11.8. The predicted octanol–water partition coefficient (Wildman–Crippen LogP) is 0.899. The van der Waals surface area contributed by atoms with Crippen LogP contribution in [0.25, 0.3) is 0 Å². The lowest BCUT2D eigenvalue weighted by Gasteiger charge is -2.11. The van der Waals surface area contributed by atoms with E-state index in [0.717, 1.165) is 4.90 Å². The fourth-order valence-corrected chi connectivity index (χ4v) is 2.28. The molecule has 0 saturated carbocycles. The highest BCUT2D eigenvalue weighted by molar-refractivity contribution is 6.01. The molecule has 1 aliphatic rings. The van der Waals surface area contributed by atoms with Crippen molar-refractivity contribution in [3.8, 4) is 5.75 Å². The summed E-state index contributed by atoms with van der Waals surface area (Å²) in [6, 6.07) is 6.35. The number of hydrogen-bond acceptors (Lipinski definition) is 6. The molecule has 0 bridgehead atoms. The van der Waals surface area contributed by atoms with Crippen LogP contribution in [-0.2, 0) is 19.1 Å². The number of nitrogens with one attached hydrogen (secondary N) is 2. The number of benzene rings is 1. The molecule has 140 valence electrons. The average molecular weight is 363 g/mol. The minimum atomic E-state index is -0.570. The van der Waals surface area contributed by atoms with Gasteiger partial charge in [0.05, 0.1) is 13.2 Å². The summed E-state index contributed by atoms with van der Waals surface area (Å²) in [7, 11) is 0. The normalized spacial score (nSPS) is 13.3. The lowest BCUT2D eigenvalue weighted by molar-refractivity contribution is -0.147. The first-order valence-corrected chi connectivity index (χ1v) is 8.26. The molecule has 0 atom stereocenters. The third-order valence-electron chi connectivity index (χ3n) is 3.51. The molecule has 0 unspecified atom stereocenters. The van der Waals surface area contributed by atoms with Gasteiger partial charge in [0, 0.05) is 18.7 Å². The summed E-state index contributed by atoms with van der Waals surface area (Å²) in [5.41, 5.74) is 0.563. The van der Waals surface area contributed by atoms with Crippen LogP contribution in [0.5, 0.6) is 5.75 Å². The van der Waals surface area contributed by atoms with E-state index in [1.54, 1.807) is 24.3 Å². The van der Waals surface area contributed by atoms with Crippen LogP contribution >= 0.6 is 0 Å². The molecule has 1 aromatic carbocycles. The van der Waals surface area contributed by atoms with Crippen molar-refractivity contribution in [2.75, 3.05) is 31.6 Å². The van der Waals surface area contributed by atoms with E-state index in [0.29, 0.717) is 18.0 Å². The number of urea groups is 1. The number of rotatable bonds is 9. The molecule has 1 fully saturated rings. The van der Waals surface area contributed by atoms with E-state index in [1.807, 2.05) is 6.92 Å². The van der Waals surface area contributed by atoms with E-state index in [4.69, 9.17) is 9.47 Å². The third-order valence-corrected chi connectivity index (χ3v) is 3.51. The van der Waals surface area contributed by atoms with Gasteiger partial charge in [-0.1, -0.05) is 0 Å². The lowest BCUT2D eigenvalue weighted by Crippen LogP contribution is -2.32. The third kappa shape index (κ3) is 5.76. The highest BCUT2D eigenvalue weighted by Crippen LogP contribution is 2.15. The number of ether oxygens (including phenoxy) is 2. The Morgan fingerprint density at radius 3 is 2.58 bits per heavy atom. The SMILES string of the molecule is CCOc1ccc(NC(=O)COC(=O)CCCN2C(=O)CNC2=O)cc1. The minimum Gasteiger partial charge on any atom is -0.494 e. The van der Waals surface area contributed by atoms with Gasteiger partial charge in [0.15, 0.2) is 6.61 Å². The lowest BCUT2D eigenvalue weighted by atomic mass is 10.3. The summed E-state index contributed by atoms with van der Waals surface area (Å²) in [5.74, 6) is -0.657. The average Bonchev–Trinajstić information content (AvgIpc) is 2.94. The first kappa shape index (κ1) is 19.2. The zero-order valence-corrected chi connectivity index (χ0v) is 14.4. The van der Waals surface area contributed by atoms with E-state index in [-0.39, 0.29) is 31.8 Å². The van der Waals surface area contributed by atoms with Crippen LogP contribution in [0.15, 0.2) is 24.3 Å². The topological polar surface area (TPSA) is 114 Å². The van der Waals surface area contributed by atoms with Crippen molar-refractivity contribution in [1.82, 2.24) is 10.2 Å². The molecular weight excluding hydrogens is 342 g/mol. The maximum atomic E-state index is 11.8. The van der Waals surface area contributed by atoms with Crippen LogP contribution in [0.4, 0.5) is 10.5 Å². The smallest absolute Gasteiger partial charge is 0.324 e. The Hall–Kier alpha value is -3.10. The van der Waals surface area contributed by atoms with Crippen LogP contribution < -0.4 is 15.4 Å². The van der Waals surface area contributed by atoms with Gasteiger partial charge < -0.3 is 20.1 Å². The van der Waals surface area contributed by atoms with Gasteiger partial charge in [0.2, 0.25) is 5.91 Å². The largest absolute Gasteiger partial charge is 0.494 e. The van der Waals surface area contributed by atoms with Crippen LogP contribution in [0, 0.1) is 0 Å². The fraction of sp³-hybridized carbons (Fsp3) is 0.412. The van der Waals surface area contributed by atoms with E-state index in [2.05, 4.69) is 10.6 Å². The predicted molar refractivity (Wildman–Crippen MR) is 91.5 cm³/mol. The number of nitrogens with zero attached hydrogens (tertiary/aromatic N) is 1. The minimum absolute atomic E-state index is 0.00733. The number of imide groups is 1. The molecule has 4 amide bonds. The second kappa shape index (κ2) is 9.40. The van der Waals surface area contributed by atoms with E-state index >= 15 is 0 Å². The van der Waals surface area contributed by atoms with Crippen LogP contribution in [0.2, 0.25) is 0 Å². The van der Waals surface area contributed by atoms with Crippen molar-refractivity contribution in [3.63, 3.8) is 0 Å². The number of carbonyl (C=O) groups is 4. The van der Waals surface area contributed by atoms with Gasteiger partial charge in [-0.15, -0.1) is 0 Å². The van der Waals surface area contributed by atoms with Crippen LogP contribution in [0.1, 0.15) is 19.8 Å². The van der Waals surface area contributed by atoms with Gasteiger partial charge in [0.1, 0.15) is 5.75 Å². The van der Waals surface area contributed by atoms with Gasteiger partial charge in [-0.25, -0.2) is 4.79 Å². The highest BCUT2D eigenvalue weighted by atomic mass is 16.5. The first-order chi connectivity index (χ1) is 12.5. The number of carbonyl (C=O) groups excluding carboxylic acids is 4. The zero-order valence-electron chi connectivity index (χ0n) is 14.4. The Labute approximate surface area is 150 Å². The van der Waals surface area contributed by atoms with E-state index < -0.39 is 24.5 Å². The molecule has 0 spiro atoms. The summed E-state index contributed by atoms with van der Waals surface area (Å²) in [6.07, 6.45) is 0.284. The van der Waals surface area contributed by atoms with Crippen molar-refractivity contribution < 1.29 is 28.7 Å². The molecular formula is C17H21N3O6. The number of hydrogen-bond donors (Lipinski definition) is 2. The molecule has 26 heavy (non-hydrogen) atoms. The van der Waals surface area contributed by atoms with Gasteiger partial charge in [-0.05, 0) is 37.6 Å². The van der Waals surface area contributed by atoms with Crippen molar-refractivity contribution in [1.29, 1.82) is 0 Å². The molecule has 9 nitrogen and oxygen atoms in total. The molecule has 2 rings (SSSR count). The number of amides is 4. The Morgan fingerprint density at radius 2 is 1.96 bits per heavy atom. The molecule has 1 saturated heterocycles. The second-order valence-corrected chi connectivity index (χ2v) is 5.47. The summed E-state index contributed by atoms with van der Waals surface area (Å²) >= 11 is 0. The number of anilines is 1. The summed E-state index contributed by atoms with van der Waals surface area (Å²) < 4.78 is 10.2. The molecule has 0 aromatic heterocycles. The van der Waals surface area contributed by atoms with Crippen LogP contribution in [-0.4, -0.2) is 55.0 Å². The highest BCUT2D eigenvalue weighted by Gasteiger charge is 2.27. The summed E-state index contributed by atoms with van der Waals surface area (Å²) in [4.78, 5) is 47.1. The van der Waals surface area contributed by atoms with Gasteiger partial charge >= 0.3 is 12.0 Å². The molecule has 2 N–H and O–H groups in total. The standard InChI is InChI=1S/C17H21N3O6/c1-2-25-13-7-5-12(6-8-13)19-14(21)11-26-16(23)4-3-9-20-15(22)10-18-17(20)24/h5-8H,2-4,9-11H2,1H3,(H,18,24)(H,19,21). The van der Waals surface area contributed by atoms with Crippen molar-refractivity contribution >= 4 is 29.5 Å². The molecule has 0 radical (unpaired) electrons. The van der Waals surface area contributed by atoms with Crippen molar-refractivity contribution in [2.45, 2.75) is 19.8 Å². The Bertz CT molecular complexity index is 658. The van der Waals surface area contributed by atoms with Gasteiger partial charge in [0.25, 0.3) is 5.91 Å². The van der Waals surface area contributed by atoms with Crippen LogP contribution in [0.3, 0.4) is 0 Å². The van der Waals surface area contributed by atoms with Gasteiger partial charge in [-0.3, -0.25) is 19.3 Å². The molecule has 0 aliphatic carbocycles. The molecule has 1 aromatic rings. The zero-order chi connectivity index (χ0) is 18.9. The first-order valence-electron chi connectivity index (χ1n) is 8.26. The molecule has 1 aliphatic heterocycles. The Balaban J connectivity index is 1.64. The van der Waals surface area contributed by atoms with E-state index in [9.17, 15) is 19.2 Å². The molecule has 9 heteroatoms. The summed E-state index contributed by atoms with van der Waals surface area (Å²) in [5, 5.41) is 4.99. The second-order valence-electron chi connectivity index (χ2n) is 5.47. The maximum Gasteiger partial charge on any atom is 0.324 e. The molecule has 1 heterocycles. The van der Waals surface area contributed by atoms with Crippen molar-refractivity contribution in [3.05, 3.63) is 24.3 Å². The summed E-state index contributed by atoms with van der Waals surface area (Å²) in [6.45, 7) is 2.14. The monoisotopic (exact) mass is 363 g/mol. The number of esters is 1.